The molecule has 140 valence electrons. The zero-order chi connectivity index (χ0) is 18.9. The van der Waals surface area contributed by atoms with Gasteiger partial charge in [-0.05, 0) is 37.1 Å². The number of amides is 1. The fourth-order valence-corrected chi connectivity index (χ4v) is 2.35. The Morgan fingerprint density at radius 2 is 1.58 bits per heavy atom. The Balaban J connectivity index is 2.02. The van der Waals surface area contributed by atoms with Gasteiger partial charge in [0.15, 0.2) is 29.6 Å². The van der Waals surface area contributed by atoms with E-state index in [2.05, 4.69) is 5.32 Å². The number of hydrogen-bond acceptors (Lipinski definition) is 5. The lowest BCUT2D eigenvalue weighted by molar-refractivity contribution is -0.118. The molecular formula is C20H25NO5. The van der Waals surface area contributed by atoms with Gasteiger partial charge in [-0.15, -0.1) is 0 Å². The molecule has 1 amide bonds. The average molecular weight is 359 g/mol. The molecule has 1 N–H and O–H groups in total. The number of carbonyl (C=O) groups is 1. The third-order valence-corrected chi connectivity index (χ3v) is 3.67. The van der Waals surface area contributed by atoms with E-state index in [0.717, 1.165) is 12.0 Å². The molecule has 0 aliphatic rings. The highest BCUT2D eigenvalue weighted by molar-refractivity contribution is 5.93. The van der Waals surface area contributed by atoms with Crippen LogP contribution in [0.4, 0.5) is 5.69 Å². The highest BCUT2D eigenvalue weighted by Gasteiger charge is 2.12. The van der Waals surface area contributed by atoms with Crippen molar-refractivity contribution in [2.75, 3.05) is 32.8 Å². The lowest BCUT2D eigenvalue weighted by Gasteiger charge is -2.15. The summed E-state index contributed by atoms with van der Waals surface area (Å²) in [6.45, 7) is 4.38. The van der Waals surface area contributed by atoms with Crippen molar-refractivity contribution in [3.05, 3.63) is 42.0 Å². The predicted octanol–water partition coefficient (Wildman–Crippen LogP) is 3.82. The number of anilines is 1. The summed E-state index contributed by atoms with van der Waals surface area (Å²) >= 11 is 0. The van der Waals surface area contributed by atoms with E-state index < -0.39 is 0 Å². The summed E-state index contributed by atoms with van der Waals surface area (Å²) < 4.78 is 21.8. The number of para-hydroxylation sites is 2. The van der Waals surface area contributed by atoms with Gasteiger partial charge < -0.3 is 24.3 Å². The van der Waals surface area contributed by atoms with E-state index in [9.17, 15) is 4.79 Å². The van der Waals surface area contributed by atoms with Crippen LogP contribution in [0.15, 0.2) is 36.4 Å². The van der Waals surface area contributed by atoms with Crippen LogP contribution in [-0.2, 0) is 4.79 Å². The minimum Gasteiger partial charge on any atom is -0.493 e. The van der Waals surface area contributed by atoms with Gasteiger partial charge in [-0.1, -0.05) is 19.1 Å². The molecule has 6 heteroatoms. The normalized spacial score (nSPS) is 10.2. The van der Waals surface area contributed by atoms with Gasteiger partial charge in [-0.2, -0.15) is 0 Å². The molecule has 6 nitrogen and oxygen atoms in total. The first-order chi connectivity index (χ1) is 12.6. The predicted molar refractivity (Wildman–Crippen MR) is 101 cm³/mol. The van der Waals surface area contributed by atoms with E-state index in [4.69, 9.17) is 18.9 Å². The van der Waals surface area contributed by atoms with E-state index in [1.54, 1.807) is 26.4 Å². The van der Waals surface area contributed by atoms with Crippen LogP contribution in [-0.4, -0.2) is 33.3 Å². The van der Waals surface area contributed by atoms with E-state index in [0.29, 0.717) is 35.3 Å². The Morgan fingerprint density at radius 3 is 2.19 bits per heavy atom. The first kappa shape index (κ1) is 19.4. The van der Waals surface area contributed by atoms with Crippen LogP contribution >= 0.6 is 0 Å². The Labute approximate surface area is 154 Å². The lowest BCUT2D eigenvalue weighted by Crippen LogP contribution is -2.21. The number of benzene rings is 2. The van der Waals surface area contributed by atoms with E-state index >= 15 is 0 Å². The van der Waals surface area contributed by atoms with Crippen molar-refractivity contribution in [3.8, 4) is 23.0 Å². The SMILES string of the molecule is CCCOc1ccccc1OCC(=O)Nc1cc(OC)c(OC)cc1C. The van der Waals surface area contributed by atoms with Gasteiger partial charge in [0.25, 0.3) is 5.91 Å². The third-order valence-electron chi connectivity index (χ3n) is 3.67. The minimum atomic E-state index is -0.273. The fourth-order valence-electron chi connectivity index (χ4n) is 2.35. The number of methoxy groups -OCH3 is 2. The van der Waals surface area contributed by atoms with Gasteiger partial charge in [0, 0.05) is 11.8 Å². The summed E-state index contributed by atoms with van der Waals surface area (Å²) in [6, 6.07) is 10.8. The van der Waals surface area contributed by atoms with Crippen molar-refractivity contribution < 1.29 is 23.7 Å². The van der Waals surface area contributed by atoms with Crippen LogP contribution in [0.3, 0.4) is 0 Å². The molecule has 0 unspecified atom stereocenters. The number of hydrogen-bond donors (Lipinski definition) is 1. The Morgan fingerprint density at radius 1 is 0.962 bits per heavy atom. The zero-order valence-corrected chi connectivity index (χ0v) is 15.6. The molecule has 2 aromatic carbocycles. The Kier molecular flexibility index (Phi) is 7.14. The van der Waals surface area contributed by atoms with Crippen molar-refractivity contribution in [2.45, 2.75) is 20.3 Å². The summed E-state index contributed by atoms with van der Waals surface area (Å²) in [4.78, 5) is 12.3. The van der Waals surface area contributed by atoms with Crippen molar-refractivity contribution in [1.82, 2.24) is 0 Å². The van der Waals surface area contributed by atoms with Crippen LogP contribution in [0.2, 0.25) is 0 Å². The van der Waals surface area contributed by atoms with Gasteiger partial charge in [-0.3, -0.25) is 4.79 Å². The van der Waals surface area contributed by atoms with Crippen LogP contribution in [0.25, 0.3) is 0 Å². The highest BCUT2D eigenvalue weighted by atomic mass is 16.5. The molecule has 0 aliphatic heterocycles. The fraction of sp³-hybridized carbons (Fsp3) is 0.350. The van der Waals surface area contributed by atoms with Crippen LogP contribution in [0.1, 0.15) is 18.9 Å². The molecule has 0 saturated heterocycles. The standard InChI is InChI=1S/C20H25NO5/c1-5-10-25-16-8-6-7-9-17(16)26-13-20(22)21-15-12-19(24-4)18(23-3)11-14(15)2/h6-9,11-12H,5,10,13H2,1-4H3,(H,21,22). The van der Waals surface area contributed by atoms with Gasteiger partial charge in [-0.25, -0.2) is 0 Å². The number of nitrogens with one attached hydrogen (secondary N) is 1. The molecule has 0 saturated carbocycles. The second-order valence-electron chi connectivity index (χ2n) is 5.65. The molecule has 2 rings (SSSR count). The lowest BCUT2D eigenvalue weighted by atomic mass is 10.1. The summed E-state index contributed by atoms with van der Waals surface area (Å²) in [5.74, 6) is 2.06. The number of aryl methyl sites for hydroxylation is 1. The number of rotatable bonds is 9. The first-order valence-electron chi connectivity index (χ1n) is 8.46. The molecule has 0 heterocycles. The van der Waals surface area contributed by atoms with Crippen molar-refractivity contribution in [3.63, 3.8) is 0 Å². The summed E-state index contributed by atoms with van der Waals surface area (Å²) in [6.07, 6.45) is 0.896. The van der Waals surface area contributed by atoms with Crippen molar-refractivity contribution >= 4 is 11.6 Å². The van der Waals surface area contributed by atoms with Crippen LogP contribution < -0.4 is 24.3 Å². The molecule has 0 atom stereocenters. The monoisotopic (exact) mass is 359 g/mol. The molecule has 0 spiro atoms. The van der Waals surface area contributed by atoms with Crippen LogP contribution in [0, 0.1) is 6.92 Å². The molecule has 0 fully saturated rings. The minimum absolute atomic E-state index is 0.125. The molecule has 2 aromatic rings. The maximum Gasteiger partial charge on any atom is 0.262 e. The van der Waals surface area contributed by atoms with E-state index in [-0.39, 0.29) is 12.5 Å². The van der Waals surface area contributed by atoms with Crippen LogP contribution in [0.5, 0.6) is 23.0 Å². The number of carbonyl (C=O) groups excluding carboxylic acids is 1. The molecule has 0 aliphatic carbocycles. The molecular weight excluding hydrogens is 334 g/mol. The average Bonchev–Trinajstić information content (AvgIpc) is 2.66. The molecule has 0 bridgehead atoms. The van der Waals surface area contributed by atoms with Gasteiger partial charge in [0.05, 0.1) is 20.8 Å². The molecule has 26 heavy (non-hydrogen) atoms. The topological polar surface area (TPSA) is 66.0 Å². The Hall–Kier alpha value is -2.89. The second kappa shape index (κ2) is 9.56. The van der Waals surface area contributed by atoms with E-state index in [1.165, 1.54) is 0 Å². The van der Waals surface area contributed by atoms with Gasteiger partial charge in [0.1, 0.15) is 0 Å². The first-order valence-corrected chi connectivity index (χ1v) is 8.46. The quantitative estimate of drug-likeness (QED) is 0.737. The summed E-state index contributed by atoms with van der Waals surface area (Å²) in [5.41, 5.74) is 1.51. The largest absolute Gasteiger partial charge is 0.493 e. The van der Waals surface area contributed by atoms with Gasteiger partial charge >= 0.3 is 0 Å². The summed E-state index contributed by atoms with van der Waals surface area (Å²) in [5, 5.41) is 2.83. The third kappa shape index (κ3) is 5.05. The Bertz CT molecular complexity index is 745. The van der Waals surface area contributed by atoms with Crippen molar-refractivity contribution in [2.24, 2.45) is 0 Å². The maximum atomic E-state index is 12.3. The van der Waals surface area contributed by atoms with Crippen molar-refractivity contribution in [1.29, 1.82) is 0 Å². The second-order valence-corrected chi connectivity index (χ2v) is 5.65. The summed E-state index contributed by atoms with van der Waals surface area (Å²) in [7, 11) is 3.12. The maximum absolute atomic E-state index is 12.3. The van der Waals surface area contributed by atoms with E-state index in [1.807, 2.05) is 38.1 Å². The van der Waals surface area contributed by atoms with Gasteiger partial charge in [0.2, 0.25) is 0 Å². The molecule has 0 radical (unpaired) electrons. The zero-order valence-electron chi connectivity index (χ0n) is 15.6. The smallest absolute Gasteiger partial charge is 0.262 e. The number of ether oxygens (including phenoxy) is 4. The highest BCUT2D eigenvalue weighted by Crippen LogP contribution is 2.33. The molecule has 0 aromatic heterocycles.